The van der Waals surface area contributed by atoms with Crippen molar-refractivity contribution < 1.29 is 18.7 Å². The molecule has 3 aromatic carbocycles. The third-order valence-corrected chi connectivity index (χ3v) is 3.82. The molecule has 1 N–H and O–H groups in total. The number of hydrogen-bond donors (Lipinski definition) is 1. The van der Waals surface area contributed by atoms with E-state index in [9.17, 15) is 14.0 Å². The fourth-order valence-electron chi connectivity index (χ4n) is 2.53. The number of hydrogen-bond acceptors (Lipinski definition) is 3. The summed E-state index contributed by atoms with van der Waals surface area (Å²) in [5.41, 5.74) is 1.47. The normalized spacial score (nSPS) is 10.5. The first kappa shape index (κ1) is 16.6. The number of fused-ring (bicyclic) bond motifs is 1. The number of halogens is 1. The van der Waals surface area contributed by atoms with Crippen LogP contribution in [0.25, 0.3) is 10.8 Å². The molecule has 0 bridgehead atoms. The lowest BCUT2D eigenvalue weighted by molar-refractivity contribution is -0.119. The summed E-state index contributed by atoms with van der Waals surface area (Å²) in [6, 6.07) is 16.8. The van der Waals surface area contributed by atoms with Crippen molar-refractivity contribution in [3.8, 4) is 0 Å². The number of benzene rings is 3. The van der Waals surface area contributed by atoms with Crippen LogP contribution in [0, 0.1) is 12.7 Å². The van der Waals surface area contributed by atoms with Crippen molar-refractivity contribution in [1.29, 1.82) is 0 Å². The molecule has 0 aliphatic heterocycles. The maximum atomic E-state index is 13.2. The lowest BCUT2D eigenvalue weighted by Crippen LogP contribution is -2.21. The zero-order valence-corrected chi connectivity index (χ0v) is 13.6. The van der Waals surface area contributed by atoms with Crippen LogP contribution in [0.1, 0.15) is 15.9 Å². The van der Waals surface area contributed by atoms with Crippen LogP contribution < -0.4 is 5.32 Å². The predicted octanol–water partition coefficient (Wildman–Crippen LogP) is 4.08. The fourth-order valence-corrected chi connectivity index (χ4v) is 2.53. The lowest BCUT2D eigenvalue weighted by Gasteiger charge is -2.10. The quantitative estimate of drug-likeness (QED) is 0.730. The third kappa shape index (κ3) is 3.83. The maximum absolute atomic E-state index is 13.2. The minimum Gasteiger partial charge on any atom is -0.452 e. The summed E-state index contributed by atoms with van der Waals surface area (Å²) in [7, 11) is 0. The molecule has 0 unspecified atom stereocenters. The van der Waals surface area contributed by atoms with Crippen LogP contribution in [0.5, 0.6) is 0 Å². The first-order valence-electron chi connectivity index (χ1n) is 7.75. The lowest BCUT2D eigenvalue weighted by atomic mass is 10.1. The molecule has 0 spiro atoms. The van der Waals surface area contributed by atoms with Crippen LogP contribution in [0.3, 0.4) is 0 Å². The van der Waals surface area contributed by atoms with Crippen molar-refractivity contribution in [2.75, 3.05) is 11.9 Å². The van der Waals surface area contributed by atoms with Gasteiger partial charge in [-0.05, 0) is 41.5 Å². The number of carbonyl (C=O) groups excluding carboxylic acids is 2. The SMILES string of the molecule is Cc1ccc(F)cc1NC(=O)COC(=O)c1cccc2ccccc12. The fraction of sp³-hybridized carbons (Fsp3) is 0.100. The molecule has 3 rings (SSSR count). The molecule has 0 fully saturated rings. The highest BCUT2D eigenvalue weighted by Crippen LogP contribution is 2.19. The van der Waals surface area contributed by atoms with Gasteiger partial charge in [0.15, 0.2) is 6.61 Å². The van der Waals surface area contributed by atoms with Gasteiger partial charge in [-0.1, -0.05) is 42.5 Å². The van der Waals surface area contributed by atoms with Crippen LogP contribution >= 0.6 is 0 Å². The van der Waals surface area contributed by atoms with Gasteiger partial charge in [0.05, 0.1) is 5.56 Å². The molecule has 0 aromatic heterocycles. The third-order valence-electron chi connectivity index (χ3n) is 3.82. The van der Waals surface area contributed by atoms with E-state index in [4.69, 9.17) is 4.74 Å². The van der Waals surface area contributed by atoms with Crippen molar-refractivity contribution in [3.05, 3.63) is 77.6 Å². The molecule has 0 radical (unpaired) electrons. The van der Waals surface area contributed by atoms with E-state index in [1.165, 1.54) is 12.1 Å². The molecule has 0 heterocycles. The Labute approximate surface area is 144 Å². The van der Waals surface area contributed by atoms with Crippen molar-refractivity contribution in [1.82, 2.24) is 0 Å². The summed E-state index contributed by atoms with van der Waals surface area (Å²) in [4.78, 5) is 24.2. The highest BCUT2D eigenvalue weighted by atomic mass is 19.1. The summed E-state index contributed by atoms with van der Waals surface area (Å²) in [6.45, 7) is 1.30. The molecular weight excluding hydrogens is 321 g/mol. The highest BCUT2D eigenvalue weighted by molar-refractivity contribution is 6.05. The molecule has 25 heavy (non-hydrogen) atoms. The Bertz CT molecular complexity index is 947. The van der Waals surface area contributed by atoms with E-state index in [-0.39, 0.29) is 0 Å². The predicted molar refractivity (Wildman–Crippen MR) is 94.0 cm³/mol. The molecule has 1 amide bonds. The molecular formula is C20H16FNO3. The highest BCUT2D eigenvalue weighted by Gasteiger charge is 2.14. The molecule has 4 nitrogen and oxygen atoms in total. The smallest absolute Gasteiger partial charge is 0.339 e. The average molecular weight is 337 g/mol. The first-order chi connectivity index (χ1) is 12.0. The number of carbonyl (C=O) groups is 2. The van der Waals surface area contributed by atoms with E-state index < -0.39 is 24.3 Å². The number of anilines is 1. The van der Waals surface area contributed by atoms with Crippen LogP contribution in [0.2, 0.25) is 0 Å². The minimum absolute atomic E-state index is 0.353. The molecule has 0 aliphatic rings. The molecule has 0 saturated carbocycles. The van der Waals surface area contributed by atoms with Gasteiger partial charge in [-0.3, -0.25) is 4.79 Å². The number of aryl methyl sites for hydroxylation is 1. The summed E-state index contributed by atoms with van der Waals surface area (Å²) in [5, 5.41) is 4.21. The molecule has 126 valence electrons. The van der Waals surface area contributed by atoms with E-state index in [1.807, 2.05) is 30.3 Å². The molecule has 0 atom stereocenters. The van der Waals surface area contributed by atoms with Gasteiger partial charge >= 0.3 is 5.97 Å². The van der Waals surface area contributed by atoms with Gasteiger partial charge in [0.25, 0.3) is 5.91 Å². The van der Waals surface area contributed by atoms with Gasteiger partial charge in [-0.25, -0.2) is 9.18 Å². The van der Waals surface area contributed by atoms with Gasteiger partial charge in [0, 0.05) is 5.69 Å². The van der Waals surface area contributed by atoms with Crippen molar-refractivity contribution >= 4 is 28.3 Å². The van der Waals surface area contributed by atoms with E-state index in [0.717, 1.165) is 16.3 Å². The Morgan fingerprint density at radius 3 is 2.64 bits per heavy atom. The van der Waals surface area contributed by atoms with Crippen molar-refractivity contribution in [3.63, 3.8) is 0 Å². The number of ether oxygens (including phenoxy) is 1. The van der Waals surface area contributed by atoms with Gasteiger partial charge in [-0.15, -0.1) is 0 Å². The second kappa shape index (κ2) is 7.13. The largest absolute Gasteiger partial charge is 0.452 e. The summed E-state index contributed by atoms with van der Waals surface area (Å²) in [6.07, 6.45) is 0. The molecule has 5 heteroatoms. The number of nitrogens with one attached hydrogen (secondary N) is 1. The van der Waals surface area contributed by atoms with Crippen molar-refractivity contribution in [2.24, 2.45) is 0 Å². The van der Waals surface area contributed by atoms with Gasteiger partial charge in [0.1, 0.15) is 5.82 Å². The summed E-state index contributed by atoms with van der Waals surface area (Å²) < 4.78 is 18.3. The monoisotopic (exact) mass is 337 g/mol. The summed E-state index contributed by atoms with van der Waals surface area (Å²) in [5.74, 6) is -1.56. The van der Waals surface area contributed by atoms with Gasteiger partial charge < -0.3 is 10.1 Å². The first-order valence-corrected chi connectivity index (χ1v) is 7.75. The van der Waals surface area contributed by atoms with E-state index in [2.05, 4.69) is 5.32 Å². The summed E-state index contributed by atoms with van der Waals surface area (Å²) >= 11 is 0. The topological polar surface area (TPSA) is 55.4 Å². The Morgan fingerprint density at radius 1 is 1.04 bits per heavy atom. The Morgan fingerprint density at radius 2 is 1.80 bits per heavy atom. The number of rotatable bonds is 4. The Balaban J connectivity index is 1.67. The van der Waals surface area contributed by atoms with Crippen LogP contribution in [0.4, 0.5) is 10.1 Å². The Hall–Kier alpha value is -3.21. The Kier molecular flexibility index (Phi) is 4.75. The van der Waals surface area contributed by atoms with Gasteiger partial charge in [-0.2, -0.15) is 0 Å². The zero-order valence-electron chi connectivity index (χ0n) is 13.6. The second-order valence-electron chi connectivity index (χ2n) is 5.61. The molecule has 0 aliphatic carbocycles. The molecule has 0 saturated heterocycles. The van der Waals surface area contributed by atoms with E-state index in [0.29, 0.717) is 11.3 Å². The van der Waals surface area contributed by atoms with Crippen LogP contribution in [-0.2, 0) is 9.53 Å². The maximum Gasteiger partial charge on any atom is 0.339 e. The standard InChI is InChI=1S/C20H16FNO3/c1-13-9-10-15(21)11-18(13)22-19(23)12-25-20(24)17-8-4-6-14-5-2-3-7-16(14)17/h2-11H,12H2,1H3,(H,22,23). The van der Waals surface area contributed by atoms with Gasteiger partial charge in [0.2, 0.25) is 0 Å². The average Bonchev–Trinajstić information content (AvgIpc) is 2.62. The number of esters is 1. The van der Waals surface area contributed by atoms with Crippen LogP contribution in [-0.4, -0.2) is 18.5 Å². The number of amides is 1. The van der Waals surface area contributed by atoms with E-state index >= 15 is 0 Å². The minimum atomic E-state index is -0.581. The zero-order chi connectivity index (χ0) is 17.8. The second-order valence-corrected chi connectivity index (χ2v) is 5.61. The molecule has 3 aromatic rings. The van der Waals surface area contributed by atoms with E-state index in [1.54, 1.807) is 25.1 Å². The van der Waals surface area contributed by atoms with Crippen LogP contribution in [0.15, 0.2) is 60.7 Å². The van der Waals surface area contributed by atoms with Crippen molar-refractivity contribution in [2.45, 2.75) is 6.92 Å².